The van der Waals surface area contributed by atoms with Crippen LogP contribution < -0.4 is 16.2 Å². The van der Waals surface area contributed by atoms with E-state index >= 15 is 0 Å². The molecule has 0 amide bonds. The number of nitrogens with zero attached hydrogens (tertiary/aromatic N) is 7. The molecule has 0 bridgehead atoms. The van der Waals surface area contributed by atoms with Crippen LogP contribution in [0.3, 0.4) is 0 Å². The summed E-state index contributed by atoms with van der Waals surface area (Å²) >= 11 is 0. The number of nitrogens with two attached hydrogens (primary N) is 1. The number of nitriles is 2. The predicted molar refractivity (Wildman–Crippen MR) is 120 cm³/mol. The Bertz CT molecular complexity index is 1280. The first kappa shape index (κ1) is 21.4. The van der Waals surface area contributed by atoms with Crippen molar-refractivity contribution in [2.45, 2.75) is 37.8 Å². The third-order valence-corrected chi connectivity index (χ3v) is 6.52. The molecule has 3 aromatic rings. The maximum Gasteiger partial charge on any atom is 0.270 e. The van der Waals surface area contributed by atoms with Gasteiger partial charge in [0, 0.05) is 38.7 Å². The molecule has 1 aliphatic rings. The van der Waals surface area contributed by atoms with Crippen LogP contribution in [0.1, 0.15) is 48.7 Å². The quantitative estimate of drug-likeness (QED) is 0.667. The molecule has 1 saturated carbocycles. The van der Waals surface area contributed by atoms with Gasteiger partial charge in [-0.2, -0.15) is 10.5 Å². The monoisotopic (exact) mass is 428 g/mol. The van der Waals surface area contributed by atoms with E-state index in [2.05, 4.69) is 21.0 Å². The number of hydrogen-bond acceptors (Lipinski definition) is 8. The lowest BCUT2D eigenvalue weighted by atomic mass is 9.80. The van der Waals surface area contributed by atoms with Gasteiger partial charge in [-0.25, -0.2) is 4.98 Å². The van der Waals surface area contributed by atoms with Gasteiger partial charge >= 0.3 is 0 Å². The second kappa shape index (κ2) is 8.74. The summed E-state index contributed by atoms with van der Waals surface area (Å²) in [6.07, 6.45) is 8.51. The van der Waals surface area contributed by atoms with Gasteiger partial charge in [0.05, 0.1) is 22.9 Å². The summed E-state index contributed by atoms with van der Waals surface area (Å²) < 4.78 is 1.41. The van der Waals surface area contributed by atoms with E-state index in [1.54, 1.807) is 37.8 Å². The normalized spacial score (nSPS) is 19.2. The second-order valence-corrected chi connectivity index (χ2v) is 8.21. The van der Waals surface area contributed by atoms with Crippen LogP contribution in [0.15, 0.2) is 35.5 Å². The third-order valence-electron chi connectivity index (χ3n) is 6.52. The molecule has 1 fully saturated rings. The lowest BCUT2D eigenvalue weighted by Gasteiger charge is -2.38. The number of pyridine rings is 2. The van der Waals surface area contributed by atoms with E-state index in [9.17, 15) is 15.3 Å². The van der Waals surface area contributed by atoms with Gasteiger partial charge in [0.15, 0.2) is 0 Å². The summed E-state index contributed by atoms with van der Waals surface area (Å²) in [4.78, 5) is 27.8. The molecule has 9 heteroatoms. The first-order valence-electron chi connectivity index (χ1n) is 10.5. The fourth-order valence-electron chi connectivity index (χ4n) is 4.65. The van der Waals surface area contributed by atoms with Crippen molar-refractivity contribution >= 4 is 16.7 Å². The van der Waals surface area contributed by atoms with E-state index in [1.165, 1.54) is 4.57 Å². The SMILES string of the molecule is CN(c1c(C#N)c(=O)n(C)c2ccc(C#N)nc12)C1CCC(C(N)c2cnccn2)CC1. The summed E-state index contributed by atoms with van der Waals surface area (Å²) in [7, 11) is 3.51. The van der Waals surface area contributed by atoms with Gasteiger partial charge < -0.3 is 15.2 Å². The maximum atomic E-state index is 12.9. The average molecular weight is 429 g/mol. The molecule has 4 rings (SSSR count). The molecule has 3 aromatic heterocycles. The Morgan fingerprint density at radius 2 is 1.94 bits per heavy atom. The Labute approximate surface area is 185 Å². The zero-order chi connectivity index (χ0) is 22.8. The van der Waals surface area contributed by atoms with Crippen molar-refractivity contribution in [1.82, 2.24) is 19.5 Å². The number of rotatable bonds is 4. The molecule has 0 aromatic carbocycles. The van der Waals surface area contributed by atoms with Crippen molar-refractivity contribution < 1.29 is 0 Å². The highest BCUT2D eigenvalue weighted by Gasteiger charge is 2.31. The van der Waals surface area contributed by atoms with Crippen molar-refractivity contribution in [3.05, 3.63) is 58.0 Å². The average Bonchev–Trinajstić information content (AvgIpc) is 2.85. The van der Waals surface area contributed by atoms with Crippen molar-refractivity contribution in [2.75, 3.05) is 11.9 Å². The number of aromatic nitrogens is 4. The van der Waals surface area contributed by atoms with Gasteiger partial charge in [-0.05, 0) is 43.7 Å². The lowest BCUT2D eigenvalue weighted by molar-refractivity contribution is 0.278. The first-order chi connectivity index (χ1) is 15.5. The first-order valence-corrected chi connectivity index (χ1v) is 10.5. The van der Waals surface area contributed by atoms with Crippen LogP contribution in [0.4, 0.5) is 5.69 Å². The molecular formula is C23H24N8O. The molecular weight excluding hydrogens is 404 g/mol. The minimum atomic E-state index is -0.369. The molecule has 1 atom stereocenters. The second-order valence-electron chi connectivity index (χ2n) is 8.21. The van der Waals surface area contributed by atoms with E-state index in [0.717, 1.165) is 31.4 Å². The smallest absolute Gasteiger partial charge is 0.270 e. The minimum absolute atomic E-state index is 0.0449. The van der Waals surface area contributed by atoms with Gasteiger partial charge in [0.1, 0.15) is 28.9 Å². The van der Waals surface area contributed by atoms with Crippen molar-refractivity contribution in [1.29, 1.82) is 10.5 Å². The summed E-state index contributed by atoms with van der Waals surface area (Å²) in [6.45, 7) is 0. The minimum Gasteiger partial charge on any atom is -0.369 e. The van der Waals surface area contributed by atoms with Gasteiger partial charge in [-0.15, -0.1) is 0 Å². The molecule has 162 valence electrons. The number of anilines is 1. The Morgan fingerprint density at radius 3 is 2.56 bits per heavy atom. The summed E-state index contributed by atoms with van der Waals surface area (Å²) in [5, 5.41) is 19.1. The van der Waals surface area contributed by atoms with Crippen molar-refractivity contribution in [3.63, 3.8) is 0 Å². The van der Waals surface area contributed by atoms with Gasteiger partial charge in [-0.3, -0.25) is 14.8 Å². The Balaban J connectivity index is 1.65. The highest BCUT2D eigenvalue weighted by molar-refractivity contribution is 5.92. The van der Waals surface area contributed by atoms with Gasteiger partial charge in [0.2, 0.25) is 0 Å². The number of fused-ring (bicyclic) bond motifs is 1. The molecule has 2 N–H and O–H groups in total. The Hall–Kier alpha value is -3.82. The molecule has 0 radical (unpaired) electrons. The van der Waals surface area contributed by atoms with Gasteiger partial charge in [0.25, 0.3) is 5.56 Å². The maximum absolute atomic E-state index is 12.9. The van der Waals surface area contributed by atoms with Crippen LogP contribution in [-0.2, 0) is 7.05 Å². The van der Waals surface area contributed by atoms with Crippen molar-refractivity contribution in [2.24, 2.45) is 18.7 Å². The van der Waals surface area contributed by atoms with E-state index in [1.807, 2.05) is 18.0 Å². The molecule has 1 unspecified atom stereocenters. The zero-order valence-corrected chi connectivity index (χ0v) is 18.1. The van der Waals surface area contributed by atoms with Crippen LogP contribution in [0.5, 0.6) is 0 Å². The Morgan fingerprint density at radius 1 is 1.19 bits per heavy atom. The molecule has 32 heavy (non-hydrogen) atoms. The zero-order valence-electron chi connectivity index (χ0n) is 18.1. The molecule has 0 aliphatic heterocycles. The largest absolute Gasteiger partial charge is 0.369 e. The summed E-state index contributed by atoms with van der Waals surface area (Å²) in [5.74, 6) is 0.287. The van der Waals surface area contributed by atoms with Gasteiger partial charge in [-0.1, -0.05) is 0 Å². The van der Waals surface area contributed by atoms with E-state index in [4.69, 9.17) is 5.73 Å². The van der Waals surface area contributed by atoms with Crippen LogP contribution in [0, 0.1) is 28.6 Å². The standard InChI is InChI=1S/C23H24N8O/c1-30(16-6-3-14(4-7-16)20(26)18-13-27-9-10-28-18)22-17(12-25)23(32)31(2)19-8-5-15(11-24)29-21(19)22/h5,8-10,13-14,16,20H,3-4,6-7,26H2,1-2H3. The summed E-state index contributed by atoms with van der Waals surface area (Å²) in [5.41, 5.74) is 8.73. The van der Waals surface area contributed by atoms with Crippen LogP contribution >= 0.6 is 0 Å². The van der Waals surface area contributed by atoms with E-state index in [0.29, 0.717) is 16.7 Å². The fraction of sp³-hybridized carbons (Fsp3) is 0.391. The summed E-state index contributed by atoms with van der Waals surface area (Å²) in [6, 6.07) is 7.35. The highest BCUT2D eigenvalue weighted by atomic mass is 16.1. The van der Waals surface area contributed by atoms with Crippen LogP contribution in [0.25, 0.3) is 11.0 Å². The molecule has 0 saturated heterocycles. The van der Waals surface area contributed by atoms with Crippen LogP contribution in [0.2, 0.25) is 0 Å². The number of aryl methyl sites for hydroxylation is 1. The van der Waals surface area contributed by atoms with E-state index < -0.39 is 0 Å². The molecule has 0 spiro atoms. The lowest BCUT2D eigenvalue weighted by Crippen LogP contribution is -2.39. The highest BCUT2D eigenvalue weighted by Crippen LogP contribution is 2.37. The molecule has 1 aliphatic carbocycles. The predicted octanol–water partition coefficient (Wildman–Crippen LogP) is 2.16. The number of hydrogen-bond donors (Lipinski definition) is 1. The van der Waals surface area contributed by atoms with E-state index in [-0.39, 0.29) is 34.8 Å². The molecule has 3 heterocycles. The van der Waals surface area contributed by atoms with Crippen LogP contribution in [-0.4, -0.2) is 32.6 Å². The third kappa shape index (κ3) is 3.68. The molecule has 9 nitrogen and oxygen atoms in total. The fourth-order valence-corrected chi connectivity index (χ4v) is 4.65. The van der Waals surface area contributed by atoms with Crippen molar-refractivity contribution in [3.8, 4) is 12.1 Å². The topological polar surface area (TPSA) is 138 Å². The Kier molecular flexibility index (Phi) is 5.85.